The average molecular weight is 323 g/mol. The molecule has 0 aliphatic heterocycles. The highest BCUT2D eigenvalue weighted by Crippen LogP contribution is 2.22. The number of para-hydroxylation sites is 1. The Morgan fingerprint density at radius 1 is 1.12 bits per heavy atom. The van der Waals surface area contributed by atoms with Gasteiger partial charge in [0.15, 0.2) is 6.61 Å². The van der Waals surface area contributed by atoms with Gasteiger partial charge in [-0.2, -0.15) is 0 Å². The van der Waals surface area contributed by atoms with Crippen LogP contribution in [0.3, 0.4) is 0 Å². The fourth-order valence-electron chi connectivity index (χ4n) is 2.69. The molecule has 0 fully saturated rings. The van der Waals surface area contributed by atoms with Crippen molar-refractivity contribution < 1.29 is 9.53 Å². The summed E-state index contributed by atoms with van der Waals surface area (Å²) < 4.78 is 7.67. The molecule has 0 bridgehead atoms. The lowest BCUT2D eigenvalue weighted by atomic mass is 10.1. The summed E-state index contributed by atoms with van der Waals surface area (Å²) in [7, 11) is 0. The molecule has 0 spiro atoms. The predicted octanol–water partition coefficient (Wildman–Crippen LogP) is 2.95. The number of nitrogens with zero attached hydrogens (tertiary/aromatic N) is 2. The second kappa shape index (κ2) is 6.74. The fraction of sp³-hybridized carbons (Fsp3) is 0.263. The lowest BCUT2D eigenvalue weighted by Crippen LogP contribution is -2.28. The van der Waals surface area contributed by atoms with Crippen LogP contribution in [-0.4, -0.2) is 21.9 Å². The van der Waals surface area contributed by atoms with E-state index in [4.69, 9.17) is 4.74 Å². The number of aryl methyl sites for hydroxylation is 3. The molecule has 2 aromatic heterocycles. The van der Waals surface area contributed by atoms with Crippen molar-refractivity contribution >= 4 is 11.6 Å². The molecule has 124 valence electrons. The van der Waals surface area contributed by atoms with Crippen LogP contribution < -0.4 is 10.1 Å². The third kappa shape index (κ3) is 3.40. The van der Waals surface area contributed by atoms with Gasteiger partial charge in [0.05, 0.1) is 12.2 Å². The molecule has 0 saturated carbocycles. The van der Waals surface area contributed by atoms with Crippen molar-refractivity contribution in [3.63, 3.8) is 0 Å². The van der Waals surface area contributed by atoms with Gasteiger partial charge in [-0.3, -0.25) is 4.79 Å². The topological polar surface area (TPSA) is 55.6 Å². The van der Waals surface area contributed by atoms with Crippen molar-refractivity contribution in [2.75, 3.05) is 6.61 Å². The average Bonchev–Trinajstić information content (AvgIpc) is 2.97. The van der Waals surface area contributed by atoms with Gasteiger partial charge < -0.3 is 14.5 Å². The van der Waals surface area contributed by atoms with E-state index in [0.717, 1.165) is 33.9 Å². The number of carbonyl (C=O) groups is 1. The Morgan fingerprint density at radius 3 is 2.54 bits per heavy atom. The summed E-state index contributed by atoms with van der Waals surface area (Å²) >= 11 is 0. The van der Waals surface area contributed by atoms with Crippen molar-refractivity contribution in [1.29, 1.82) is 0 Å². The lowest BCUT2D eigenvalue weighted by molar-refractivity contribution is -0.123. The number of hydrogen-bond acceptors (Lipinski definition) is 3. The summed E-state index contributed by atoms with van der Waals surface area (Å²) in [5.41, 5.74) is 4.86. The zero-order valence-corrected chi connectivity index (χ0v) is 14.2. The number of rotatable bonds is 5. The zero-order valence-electron chi connectivity index (χ0n) is 14.2. The molecule has 1 N–H and O–H groups in total. The Bertz CT molecular complexity index is 863. The van der Waals surface area contributed by atoms with Gasteiger partial charge in [0.25, 0.3) is 5.91 Å². The van der Waals surface area contributed by atoms with E-state index in [-0.39, 0.29) is 12.5 Å². The summed E-state index contributed by atoms with van der Waals surface area (Å²) in [5, 5.41) is 2.85. The van der Waals surface area contributed by atoms with Crippen LogP contribution in [0.25, 0.3) is 5.65 Å². The molecule has 0 saturated heterocycles. The highest BCUT2D eigenvalue weighted by Gasteiger charge is 2.08. The van der Waals surface area contributed by atoms with Gasteiger partial charge in [0, 0.05) is 11.9 Å². The Hall–Kier alpha value is -2.82. The Balaban J connectivity index is 1.58. The Morgan fingerprint density at radius 2 is 1.83 bits per heavy atom. The van der Waals surface area contributed by atoms with Crippen LogP contribution in [0.15, 0.2) is 42.6 Å². The molecule has 3 aromatic rings. The van der Waals surface area contributed by atoms with Crippen LogP contribution >= 0.6 is 0 Å². The predicted molar refractivity (Wildman–Crippen MR) is 93.2 cm³/mol. The van der Waals surface area contributed by atoms with Crippen molar-refractivity contribution in [3.05, 3.63) is 65.1 Å². The first-order chi connectivity index (χ1) is 11.5. The molecule has 0 radical (unpaired) electrons. The van der Waals surface area contributed by atoms with E-state index in [0.29, 0.717) is 6.54 Å². The fourth-order valence-corrected chi connectivity index (χ4v) is 2.69. The Labute approximate surface area is 141 Å². The normalized spacial score (nSPS) is 10.8. The number of nitrogens with one attached hydrogen (secondary N) is 1. The van der Waals surface area contributed by atoms with E-state index in [1.165, 1.54) is 0 Å². The first-order valence-corrected chi connectivity index (χ1v) is 7.94. The van der Waals surface area contributed by atoms with Gasteiger partial charge in [0.2, 0.25) is 0 Å². The summed E-state index contributed by atoms with van der Waals surface area (Å²) in [4.78, 5) is 16.5. The summed E-state index contributed by atoms with van der Waals surface area (Å²) in [5.74, 6) is 0.613. The van der Waals surface area contributed by atoms with Gasteiger partial charge in [-0.25, -0.2) is 4.98 Å². The SMILES string of the molecule is Cc1cccc(C)c1OCC(=O)NCc1cn2c(C)cccc2n1. The van der Waals surface area contributed by atoms with Gasteiger partial charge in [-0.1, -0.05) is 24.3 Å². The smallest absolute Gasteiger partial charge is 0.258 e. The van der Waals surface area contributed by atoms with Crippen LogP contribution in [0.5, 0.6) is 5.75 Å². The molecule has 5 heteroatoms. The molecular weight excluding hydrogens is 302 g/mol. The monoisotopic (exact) mass is 323 g/mol. The number of pyridine rings is 1. The van der Waals surface area contributed by atoms with Crippen molar-refractivity contribution in [1.82, 2.24) is 14.7 Å². The molecule has 0 aliphatic rings. The third-order valence-corrected chi connectivity index (χ3v) is 3.97. The van der Waals surface area contributed by atoms with Gasteiger partial charge >= 0.3 is 0 Å². The molecule has 24 heavy (non-hydrogen) atoms. The summed E-state index contributed by atoms with van der Waals surface area (Å²) in [6, 6.07) is 11.9. The first-order valence-electron chi connectivity index (χ1n) is 7.94. The molecular formula is C19H21N3O2. The van der Waals surface area contributed by atoms with Gasteiger partial charge in [-0.05, 0) is 44.0 Å². The maximum absolute atomic E-state index is 12.0. The molecule has 3 rings (SSSR count). The van der Waals surface area contributed by atoms with Crippen LogP contribution in [0.2, 0.25) is 0 Å². The molecule has 1 aromatic carbocycles. The zero-order chi connectivity index (χ0) is 17.1. The number of ether oxygens (including phenoxy) is 1. The van der Waals surface area contributed by atoms with Crippen LogP contribution in [-0.2, 0) is 11.3 Å². The van der Waals surface area contributed by atoms with E-state index in [1.807, 2.05) is 67.8 Å². The molecule has 1 amide bonds. The van der Waals surface area contributed by atoms with Gasteiger partial charge in [0.1, 0.15) is 11.4 Å². The summed E-state index contributed by atoms with van der Waals surface area (Å²) in [6.45, 7) is 6.35. The van der Waals surface area contributed by atoms with Crippen LogP contribution in [0, 0.1) is 20.8 Å². The minimum absolute atomic E-state index is 0.00189. The third-order valence-electron chi connectivity index (χ3n) is 3.97. The van der Waals surface area contributed by atoms with Crippen molar-refractivity contribution in [2.45, 2.75) is 27.3 Å². The van der Waals surface area contributed by atoms with E-state index in [1.54, 1.807) is 0 Å². The largest absolute Gasteiger partial charge is 0.483 e. The highest BCUT2D eigenvalue weighted by molar-refractivity contribution is 5.77. The summed E-state index contributed by atoms with van der Waals surface area (Å²) in [6.07, 6.45) is 1.94. The molecule has 5 nitrogen and oxygen atoms in total. The van der Waals surface area contributed by atoms with Crippen molar-refractivity contribution in [3.8, 4) is 5.75 Å². The number of benzene rings is 1. The number of amides is 1. The molecule has 0 aliphatic carbocycles. The second-order valence-electron chi connectivity index (χ2n) is 5.91. The maximum atomic E-state index is 12.0. The number of imidazole rings is 1. The van der Waals surface area contributed by atoms with Crippen LogP contribution in [0.4, 0.5) is 0 Å². The first kappa shape index (κ1) is 16.1. The van der Waals surface area contributed by atoms with E-state index >= 15 is 0 Å². The standard InChI is InChI=1S/C19H21N3O2/c1-13-6-4-7-14(2)19(13)24-12-18(23)20-10-16-11-22-15(3)8-5-9-17(22)21-16/h4-9,11H,10,12H2,1-3H3,(H,20,23). The number of fused-ring (bicyclic) bond motifs is 1. The van der Waals surface area contributed by atoms with Gasteiger partial charge in [-0.15, -0.1) is 0 Å². The van der Waals surface area contributed by atoms with Crippen LogP contribution in [0.1, 0.15) is 22.5 Å². The van der Waals surface area contributed by atoms with E-state index in [2.05, 4.69) is 10.3 Å². The molecule has 0 atom stereocenters. The highest BCUT2D eigenvalue weighted by atomic mass is 16.5. The molecule has 0 unspecified atom stereocenters. The van der Waals surface area contributed by atoms with E-state index < -0.39 is 0 Å². The Kier molecular flexibility index (Phi) is 4.51. The van der Waals surface area contributed by atoms with E-state index in [9.17, 15) is 4.79 Å². The number of carbonyl (C=O) groups excluding carboxylic acids is 1. The number of hydrogen-bond donors (Lipinski definition) is 1. The lowest BCUT2D eigenvalue weighted by Gasteiger charge is -2.11. The molecule has 2 heterocycles. The second-order valence-corrected chi connectivity index (χ2v) is 5.91. The minimum atomic E-state index is -0.161. The number of aromatic nitrogens is 2. The quantitative estimate of drug-likeness (QED) is 0.785. The minimum Gasteiger partial charge on any atom is -0.483 e. The maximum Gasteiger partial charge on any atom is 0.258 e. The van der Waals surface area contributed by atoms with Crippen molar-refractivity contribution in [2.24, 2.45) is 0 Å².